The molecular formula is C22H25N3O3S. The van der Waals surface area contributed by atoms with Gasteiger partial charge < -0.3 is 9.64 Å². The van der Waals surface area contributed by atoms with Gasteiger partial charge in [0.15, 0.2) is 0 Å². The first-order chi connectivity index (χ1) is 14.0. The summed E-state index contributed by atoms with van der Waals surface area (Å²) in [5, 5.41) is 0.961. The summed E-state index contributed by atoms with van der Waals surface area (Å²) in [6.45, 7) is 7.25. The van der Waals surface area contributed by atoms with Crippen molar-refractivity contribution >= 4 is 20.9 Å². The summed E-state index contributed by atoms with van der Waals surface area (Å²) in [5.41, 5.74) is 3.40. The summed E-state index contributed by atoms with van der Waals surface area (Å²) in [7, 11) is -1.46. The number of rotatable bonds is 4. The first kappa shape index (κ1) is 18.7. The van der Waals surface area contributed by atoms with Gasteiger partial charge >= 0.3 is 0 Å². The fourth-order valence-corrected chi connectivity index (χ4v) is 6.21. The van der Waals surface area contributed by atoms with Gasteiger partial charge in [-0.2, -0.15) is 0 Å². The van der Waals surface area contributed by atoms with Crippen LogP contribution in [-0.2, 0) is 16.6 Å². The normalized spacial score (nSPS) is 18.7. The fourth-order valence-electron chi connectivity index (χ4n) is 4.46. The van der Waals surface area contributed by atoms with Gasteiger partial charge in [-0.3, -0.25) is 4.90 Å². The third-order valence-electron chi connectivity index (χ3n) is 5.95. The van der Waals surface area contributed by atoms with Crippen LogP contribution in [0.3, 0.4) is 0 Å². The van der Waals surface area contributed by atoms with Crippen molar-refractivity contribution in [3.63, 3.8) is 0 Å². The zero-order valence-electron chi connectivity index (χ0n) is 16.8. The number of likely N-dealkylation sites (N-methyl/N-ethyl adjacent to an activating group) is 1. The van der Waals surface area contributed by atoms with Crippen LogP contribution in [0.2, 0.25) is 0 Å². The molecule has 0 aliphatic carbocycles. The van der Waals surface area contributed by atoms with Gasteiger partial charge in [-0.05, 0) is 38.2 Å². The van der Waals surface area contributed by atoms with Crippen LogP contribution in [-0.4, -0.2) is 62.0 Å². The van der Waals surface area contributed by atoms with E-state index in [2.05, 4.69) is 16.8 Å². The lowest BCUT2D eigenvalue weighted by molar-refractivity contribution is 0.148. The van der Waals surface area contributed by atoms with E-state index in [1.165, 1.54) is 3.97 Å². The van der Waals surface area contributed by atoms with Gasteiger partial charge in [0, 0.05) is 49.2 Å². The molecule has 0 bridgehead atoms. The molecule has 0 N–H and O–H groups in total. The molecule has 6 nitrogen and oxygen atoms in total. The molecule has 0 amide bonds. The molecule has 3 heterocycles. The van der Waals surface area contributed by atoms with E-state index in [1.807, 2.05) is 37.3 Å². The maximum absolute atomic E-state index is 13.4. The van der Waals surface area contributed by atoms with Crippen molar-refractivity contribution in [2.75, 3.05) is 39.8 Å². The van der Waals surface area contributed by atoms with Crippen LogP contribution in [0.4, 0.5) is 0 Å². The van der Waals surface area contributed by atoms with E-state index in [0.29, 0.717) is 11.5 Å². The summed E-state index contributed by atoms with van der Waals surface area (Å²) < 4.78 is 34.0. The molecular weight excluding hydrogens is 386 g/mol. The molecule has 5 rings (SSSR count). The molecule has 1 saturated heterocycles. The van der Waals surface area contributed by atoms with Crippen molar-refractivity contribution in [3.05, 3.63) is 48.0 Å². The molecule has 0 atom stereocenters. The lowest BCUT2D eigenvalue weighted by Crippen LogP contribution is -2.43. The number of ether oxygens (including phenoxy) is 1. The molecule has 2 aromatic carbocycles. The van der Waals surface area contributed by atoms with E-state index in [4.69, 9.17) is 4.74 Å². The molecule has 152 valence electrons. The summed E-state index contributed by atoms with van der Waals surface area (Å²) in [4.78, 5) is 5.13. The van der Waals surface area contributed by atoms with Crippen molar-refractivity contribution in [1.29, 1.82) is 0 Å². The predicted octanol–water partition coefficient (Wildman–Crippen LogP) is 3.00. The minimum Gasteiger partial charge on any atom is -0.494 e. The number of hydrogen-bond donors (Lipinski definition) is 0. The van der Waals surface area contributed by atoms with Gasteiger partial charge in [0.1, 0.15) is 5.75 Å². The molecule has 0 spiro atoms. The summed E-state index contributed by atoms with van der Waals surface area (Å²) >= 11 is 0. The maximum Gasteiger partial charge on any atom is 0.269 e. The van der Waals surface area contributed by atoms with Crippen molar-refractivity contribution < 1.29 is 13.2 Å². The van der Waals surface area contributed by atoms with Crippen LogP contribution in [0.1, 0.15) is 12.5 Å². The highest BCUT2D eigenvalue weighted by molar-refractivity contribution is 7.90. The standard InChI is InChI=1S/C22H25N3O3S/c1-3-28-16-8-9-20-18(14-16)19(15-24-12-10-23(2)11-13-24)22-17-6-4-5-7-21(17)29(26,27)25(20)22/h4-9,14H,3,10-13,15H2,1-2H3. The molecule has 0 radical (unpaired) electrons. The van der Waals surface area contributed by atoms with Crippen LogP contribution in [0.5, 0.6) is 5.75 Å². The second kappa shape index (κ2) is 6.86. The Morgan fingerprint density at radius 1 is 1.03 bits per heavy atom. The topological polar surface area (TPSA) is 54.8 Å². The number of aromatic nitrogens is 1. The monoisotopic (exact) mass is 411 g/mol. The Bertz CT molecular complexity index is 1190. The number of fused-ring (bicyclic) bond motifs is 5. The Labute approximate surface area is 171 Å². The Morgan fingerprint density at radius 3 is 2.55 bits per heavy atom. The fraction of sp³-hybridized carbons (Fsp3) is 0.364. The minimum atomic E-state index is -3.60. The molecule has 2 aliphatic rings. The highest BCUT2D eigenvalue weighted by Gasteiger charge is 2.37. The zero-order valence-corrected chi connectivity index (χ0v) is 17.6. The molecule has 1 fully saturated rings. The first-order valence-electron chi connectivity index (χ1n) is 10.1. The SMILES string of the molecule is CCOc1ccc2c(c1)c(CN1CCN(C)CC1)c1n2S(=O)(=O)c2ccccc2-1. The Kier molecular flexibility index (Phi) is 4.42. The zero-order chi connectivity index (χ0) is 20.2. The summed E-state index contributed by atoms with van der Waals surface area (Å²) in [5.74, 6) is 0.773. The molecule has 7 heteroatoms. The van der Waals surface area contributed by atoms with E-state index in [-0.39, 0.29) is 0 Å². The van der Waals surface area contributed by atoms with E-state index >= 15 is 0 Å². The van der Waals surface area contributed by atoms with Crippen LogP contribution in [0.25, 0.3) is 22.2 Å². The number of hydrogen-bond acceptors (Lipinski definition) is 5. The van der Waals surface area contributed by atoms with Crippen LogP contribution in [0, 0.1) is 0 Å². The molecule has 2 aliphatic heterocycles. The average molecular weight is 412 g/mol. The number of nitrogens with zero attached hydrogens (tertiary/aromatic N) is 3. The highest BCUT2D eigenvalue weighted by Crippen LogP contribution is 2.45. The van der Waals surface area contributed by atoms with Gasteiger partial charge in [-0.15, -0.1) is 0 Å². The van der Waals surface area contributed by atoms with E-state index in [9.17, 15) is 8.42 Å². The Balaban J connectivity index is 1.73. The van der Waals surface area contributed by atoms with Crippen molar-refractivity contribution in [3.8, 4) is 17.0 Å². The van der Waals surface area contributed by atoms with Gasteiger partial charge in [0.2, 0.25) is 0 Å². The average Bonchev–Trinajstić information content (AvgIpc) is 3.16. The van der Waals surface area contributed by atoms with Gasteiger partial charge in [0.05, 0.1) is 22.7 Å². The quantitative estimate of drug-likeness (QED) is 0.517. The Hall–Kier alpha value is -2.35. The third kappa shape index (κ3) is 2.87. The lowest BCUT2D eigenvalue weighted by Gasteiger charge is -2.32. The predicted molar refractivity (Wildman–Crippen MR) is 114 cm³/mol. The van der Waals surface area contributed by atoms with Crippen LogP contribution >= 0.6 is 0 Å². The molecule has 1 aromatic heterocycles. The van der Waals surface area contributed by atoms with Crippen LogP contribution < -0.4 is 4.74 Å². The molecule has 0 unspecified atom stereocenters. The van der Waals surface area contributed by atoms with Crippen molar-refractivity contribution in [1.82, 2.24) is 13.8 Å². The van der Waals surface area contributed by atoms with E-state index in [1.54, 1.807) is 12.1 Å². The van der Waals surface area contributed by atoms with Crippen molar-refractivity contribution in [2.45, 2.75) is 18.4 Å². The summed E-state index contributed by atoms with van der Waals surface area (Å²) in [6.07, 6.45) is 0. The smallest absolute Gasteiger partial charge is 0.269 e. The highest BCUT2D eigenvalue weighted by atomic mass is 32.2. The second-order valence-electron chi connectivity index (χ2n) is 7.78. The van der Waals surface area contributed by atoms with E-state index < -0.39 is 10.0 Å². The lowest BCUT2D eigenvalue weighted by atomic mass is 10.0. The molecule has 29 heavy (non-hydrogen) atoms. The second-order valence-corrected chi connectivity index (χ2v) is 9.54. The number of benzene rings is 2. The van der Waals surface area contributed by atoms with Gasteiger partial charge in [-0.1, -0.05) is 18.2 Å². The first-order valence-corrected chi connectivity index (χ1v) is 11.5. The minimum absolute atomic E-state index is 0.394. The number of piperazine rings is 1. The largest absolute Gasteiger partial charge is 0.494 e. The Morgan fingerprint density at radius 2 is 1.79 bits per heavy atom. The van der Waals surface area contributed by atoms with Gasteiger partial charge in [0.25, 0.3) is 10.0 Å². The molecule has 3 aromatic rings. The summed E-state index contributed by atoms with van der Waals surface area (Å²) in [6, 6.07) is 13.1. The third-order valence-corrected chi connectivity index (χ3v) is 7.72. The maximum atomic E-state index is 13.4. The van der Waals surface area contributed by atoms with Gasteiger partial charge in [-0.25, -0.2) is 12.4 Å². The van der Waals surface area contributed by atoms with E-state index in [0.717, 1.165) is 66.2 Å². The molecule has 0 saturated carbocycles. The van der Waals surface area contributed by atoms with Crippen LogP contribution in [0.15, 0.2) is 47.4 Å². The van der Waals surface area contributed by atoms with Crippen molar-refractivity contribution in [2.24, 2.45) is 0 Å².